The second-order valence-corrected chi connectivity index (χ2v) is 9.58. The molecule has 3 amide bonds. The van der Waals surface area contributed by atoms with Crippen LogP contribution in [0.4, 0.5) is 10.5 Å². The Labute approximate surface area is 191 Å². The highest BCUT2D eigenvalue weighted by Gasteiger charge is 2.24. The van der Waals surface area contributed by atoms with Crippen molar-refractivity contribution in [3.8, 4) is 0 Å². The van der Waals surface area contributed by atoms with Gasteiger partial charge in [-0.1, -0.05) is 12.8 Å². The first-order valence-electron chi connectivity index (χ1n) is 12.1. The van der Waals surface area contributed by atoms with E-state index in [1.807, 2.05) is 39.9 Å². The molecule has 0 atom stereocenters. The van der Waals surface area contributed by atoms with Gasteiger partial charge in [-0.25, -0.2) is 4.79 Å². The van der Waals surface area contributed by atoms with Gasteiger partial charge in [0.1, 0.15) is 6.54 Å². The Bertz CT molecular complexity index is 922. The standard InChI is InChI=1S/C25H37N5O2/c1-27(2)24(31)19-30-16-11-21-17-22(7-8-23(21)30)26-25(32)29-14-9-20(10-15-29)18-28-12-5-3-4-6-13-28/h7-8,11,16-17,20H,3-6,9-10,12-15,18-19H2,1-2H3,(H,26,32). The van der Waals surface area contributed by atoms with Crippen LogP contribution in [0.15, 0.2) is 30.5 Å². The Balaban J connectivity index is 1.29. The maximum Gasteiger partial charge on any atom is 0.321 e. The monoisotopic (exact) mass is 439 g/mol. The maximum absolute atomic E-state index is 12.8. The third kappa shape index (κ3) is 5.63. The number of hydrogen-bond acceptors (Lipinski definition) is 3. The van der Waals surface area contributed by atoms with Crippen LogP contribution in [0.3, 0.4) is 0 Å². The molecule has 1 N–H and O–H groups in total. The van der Waals surface area contributed by atoms with Gasteiger partial charge in [-0.15, -0.1) is 0 Å². The molecule has 1 aromatic carbocycles. The molecule has 1 aromatic heterocycles. The van der Waals surface area contributed by atoms with Crippen molar-refractivity contribution in [1.29, 1.82) is 0 Å². The average Bonchev–Trinajstić information content (AvgIpc) is 2.99. The van der Waals surface area contributed by atoms with Crippen molar-refractivity contribution in [2.24, 2.45) is 5.92 Å². The highest BCUT2D eigenvalue weighted by atomic mass is 16.2. The molecule has 174 valence electrons. The van der Waals surface area contributed by atoms with E-state index < -0.39 is 0 Å². The van der Waals surface area contributed by atoms with E-state index in [0.717, 1.165) is 42.5 Å². The summed E-state index contributed by atoms with van der Waals surface area (Å²) in [5.74, 6) is 0.761. The van der Waals surface area contributed by atoms with Crippen LogP contribution in [0.5, 0.6) is 0 Å². The lowest BCUT2D eigenvalue weighted by Gasteiger charge is -2.34. The predicted octanol–water partition coefficient (Wildman–Crippen LogP) is 3.85. The van der Waals surface area contributed by atoms with E-state index in [-0.39, 0.29) is 11.9 Å². The van der Waals surface area contributed by atoms with Gasteiger partial charge in [0.05, 0.1) is 0 Å². The molecule has 7 nitrogen and oxygen atoms in total. The number of fused-ring (bicyclic) bond motifs is 1. The van der Waals surface area contributed by atoms with Gasteiger partial charge in [-0.3, -0.25) is 4.79 Å². The quantitative estimate of drug-likeness (QED) is 0.770. The zero-order valence-corrected chi connectivity index (χ0v) is 19.6. The summed E-state index contributed by atoms with van der Waals surface area (Å²) in [7, 11) is 3.53. The third-order valence-electron chi connectivity index (χ3n) is 6.94. The van der Waals surface area contributed by atoms with E-state index in [0.29, 0.717) is 12.5 Å². The summed E-state index contributed by atoms with van der Waals surface area (Å²) in [6.45, 7) is 5.65. The van der Waals surface area contributed by atoms with Gasteiger partial charge in [0.2, 0.25) is 5.91 Å². The molecular formula is C25H37N5O2. The van der Waals surface area contributed by atoms with Gasteiger partial charge in [0.15, 0.2) is 0 Å². The zero-order valence-electron chi connectivity index (χ0n) is 19.6. The molecule has 0 saturated carbocycles. The Kier molecular flexibility index (Phi) is 7.35. The van der Waals surface area contributed by atoms with Crippen LogP contribution in [0.2, 0.25) is 0 Å². The highest BCUT2D eigenvalue weighted by Crippen LogP contribution is 2.23. The number of hydrogen-bond donors (Lipinski definition) is 1. The number of rotatable bonds is 5. The summed E-state index contributed by atoms with van der Waals surface area (Å²) in [5, 5.41) is 4.09. The number of likely N-dealkylation sites (N-methyl/N-ethyl adjacent to an activating group) is 1. The molecule has 0 unspecified atom stereocenters. The molecular weight excluding hydrogens is 402 g/mol. The van der Waals surface area contributed by atoms with E-state index in [9.17, 15) is 9.59 Å². The zero-order chi connectivity index (χ0) is 22.5. The molecule has 3 heterocycles. The summed E-state index contributed by atoms with van der Waals surface area (Å²) in [5.41, 5.74) is 1.79. The summed E-state index contributed by atoms with van der Waals surface area (Å²) in [6.07, 6.45) is 9.52. The average molecular weight is 440 g/mol. The normalized spacial score (nSPS) is 18.5. The molecule has 2 aliphatic heterocycles. The van der Waals surface area contributed by atoms with E-state index in [1.54, 1.807) is 19.0 Å². The maximum atomic E-state index is 12.8. The fourth-order valence-corrected chi connectivity index (χ4v) is 4.91. The second-order valence-electron chi connectivity index (χ2n) is 9.58. The van der Waals surface area contributed by atoms with Crippen LogP contribution < -0.4 is 5.32 Å². The largest absolute Gasteiger partial charge is 0.347 e. The minimum absolute atomic E-state index is 0.0141. The van der Waals surface area contributed by atoms with Crippen molar-refractivity contribution in [2.45, 2.75) is 45.1 Å². The van der Waals surface area contributed by atoms with Crippen LogP contribution >= 0.6 is 0 Å². The van der Waals surface area contributed by atoms with E-state index in [4.69, 9.17) is 0 Å². The number of likely N-dealkylation sites (tertiary alicyclic amines) is 2. The summed E-state index contributed by atoms with van der Waals surface area (Å²) in [6, 6.07) is 7.85. The fourth-order valence-electron chi connectivity index (χ4n) is 4.91. The highest BCUT2D eigenvalue weighted by molar-refractivity contribution is 5.93. The van der Waals surface area contributed by atoms with E-state index in [2.05, 4.69) is 10.2 Å². The molecule has 0 radical (unpaired) electrons. The van der Waals surface area contributed by atoms with Crippen molar-refractivity contribution in [3.63, 3.8) is 0 Å². The fraction of sp³-hybridized carbons (Fsp3) is 0.600. The van der Waals surface area contributed by atoms with Crippen molar-refractivity contribution in [1.82, 2.24) is 19.3 Å². The minimum Gasteiger partial charge on any atom is -0.347 e. The molecule has 2 saturated heterocycles. The SMILES string of the molecule is CN(C)C(=O)Cn1ccc2cc(NC(=O)N3CCC(CN4CCCCCC4)CC3)ccc21. The Hall–Kier alpha value is -2.54. The molecule has 2 aliphatic rings. The van der Waals surface area contributed by atoms with Gasteiger partial charge in [-0.2, -0.15) is 0 Å². The van der Waals surface area contributed by atoms with E-state index >= 15 is 0 Å². The Morgan fingerprint density at radius 3 is 2.41 bits per heavy atom. The smallest absolute Gasteiger partial charge is 0.321 e. The van der Waals surface area contributed by atoms with Gasteiger partial charge in [0, 0.05) is 56.5 Å². The number of nitrogens with zero attached hydrogens (tertiary/aromatic N) is 4. The van der Waals surface area contributed by atoms with Crippen LogP contribution in [-0.2, 0) is 11.3 Å². The molecule has 2 fully saturated rings. The van der Waals surface area contributed by atoms with Crippen LogP contribution in [-0.4, -0.2) is 78.0 Å². The molecule has 0 aliphatic carbocycles. The molecule has 7 heteroatoms. The van der Waals surface area contributed by atoms with Crippen LogP contribution in [0, 0.1) is 5.92 Å². The lowest BCUT2D eigenvalue weighted by atomic mass is 9.96. The Morgan fingerprint density at radius 1 is 1.00 bits per heavy atom. The van der Waals surface area contributed by atoms with Crippen LogP contribution in [0.1, 0.15) is 38.5 Å². The lowest BCUT2D eigenvalue weighted by Crippen LogP contribution is -2.43. The number of amides is 3. The van der Waals surface area contributed by atoms with Crippen LogP contribution in [0.25, 0.3) is 10.9 Å². The second kappa shape index (κ2) is 10.4. The number of carbonyl (C=O) groups excluding carboxylic acids is 2. The first-order valence-corrected chi connectivity index (χ1v) is 12.1. The predicted molar refractivity (Wildman–Crippen MR) is 129 cm³/mol. The number of piperidine rings is 1. The first kappa shape index (κ1) is 22.6. The minimum atomic E-state index is -0.0141. The first-order chi connectivity index (χ1) is 15.5. The summed E-state index contributed by atoms with van der Waals surface area (Å²) >= 11 is 0. The van der Waals surface area contributed by atoms with Crippen molar-refractivity contribution in [2.75, 3.05) is 52.1 Å². The van der Waals surface area contributed by atoms with E-state index in [1.165, 1.54) is 45.3 Å². The molecule has 4 rings (SSSR count). The molecule has 32 heavy (non-hydrogen) atoms. The van der Waals surface area contributed by atoms with Crippen molar-refractivity contribution in [3.05, 3.63) is 30.5 Å². The number of urea groups is 1. The lowest BCUT2D eigenvalue weighted by molar-refractivity contribution is -0.129. The number of nitrogens with one attached hydrogen (secondary N) is 1. The molecule has 0 bridgehead atoms. The number of aromatic nitrogens is 1. The molecule has 0 spiro atoms. The summed E-state index contributed by atoms with van der Waals surface area (Å²) < 4.78 is 1.94. The topological polar surface area (TPSA) is 60.8 Å². The van der Waals surface area contributed by atoms with Crippen molar-refractivity contribution >= 4 is 28.5 Å². The number of anilines is 1. The third-order valence-corrected chi connectivity index (χ3v) is 6.94. The Morgan fingerprint density at radius 2 is 1.72 bits per heavy atom. The van der Waals surface area contributed by atoms with Gasteiger partial charge < -0.3 is 24.6 Å². The summed E-state index contributed by atoms with van der Waals surface area (Å²) in [4.78, 5) is 31.0. The molecule has 2 aromatic rings. The van der Waals surface area contributed by atoms with Gasteiger partial charge >= 0.3 is 6.03 Å². The van der Waals surface area contributed by atoms with Crippen molar-refractivity contribution < 1.29 is 9.59 Å². The van der Waals surface area contributed by atoms with Gasteiger partial charge in [0.25, 0.3) is 0 Å². The number of carbonyl (C=O) groups is 2. The van der Waals surface area contributed by atoms with Gasteiger partial charge in [-0.05, 0) is 69.0 Å². The number of benzene rings is 1.